The number of rotatable bonds is 7. The Labute approximate surface area is 140 Å². The van der Waals surface area contributed by atoms with E-state index in [2.05, 4.69) is 26.1 Å². The maximum Gasteiger partial charge on any atom is 0.239 e. The minimum atomic E-state index is -0.403. The van der Waals surface area contributed by atoms with Crippen molar-refractivity contribution in [2.45, 2.75) is 58.9 Å². The molecule has 1 aliphatic heterocycles. The van der Waals surface area contributed by atoms with Gasteiger partial charge in [0.05, 0.1) is 6.04 Å². The van der Waals surface area contributed by atoms with Gasteiger partial charge in [0.15, 0.2) is 0 Å². The summed E-state index contributed by atoms with van der Waals surface area (Å²) in [5, 5.41) is 2.98. The number of hydrogen-bond acceptors (Lipinski definition) is 3. The van der Waals surface area contributed by atoms with Crippen LogP contribution in [0.25, 0.3) is 0 Å². The van der Waals surface area contributed by atoms with Gasteiger partial charge in [-0.15, -0.1) is 12.4 Å². The average molecular weight is 334 g/mol. The molecule has 0 spiro atoms. The van der Waals surface area contributed by atoms with Gasteiger partial charge in [0, 0.05) is 25.6 Å². The van der Waals surface area contributed by atoms with Gasteiger partial charge in [-0.3, -0.25) is 9.59 Å². The summed E-state index contributed by atoms with van der Waals surface area (Å²) in [6.07, 6.45) is 4.32. The normalized spacial score (nSPS) is 17.0. The van der Waals surface area contributed by atoms with Crippen molar-refractivity contribution in [2.24, 2.45) is 17.6 Å². The van der Waals surface area contributed by atoms with Crippen LogP contribution in [0.15, 0.2) is 0 Å². The highest BCUT2D eigenvalue weighted by Crippen LogP contribution is 2.18. The topological polar surface area (TPSA) is 75.4 Å². The van der Waals surface area contributed by atoms with Gasteiger partial charge < -0.3 is 16.0 Å². The maximum absolute atomic E-state index is 12.2. The quantitative estimate of drug-likeness (QED) is 0.699. The van der Waals surface area contributed by atoms with Crippen LogP contribution in [0.3, 0.4) is 0 Å². The Bertz CT molecular complexity index is 342. The van der Waals surface area contributed by atoms with Crippen LogP contribution in [0, 0.1) is 11.8 Å². The van der Waals surface area contributed by atoms with E-state index >= 15 is 0 Å². The molecule has 3 N–H and O–H groups in total. The Balaban J connectivity index is 0.00000441. The van der Waals surface area contributed by atoms with Crippen LogP contribution < -0.4 is 11.1 Å². The Morgan fingerprint density at radius 2 is 1.86 bits per heavy atom. The van der Waals surface area contributed by atoms with Crippen LogP contribution >= 0.6 is 12.4 Å². The van der Waals surface area contributed by atoms with Gasteiger partial charge in [-0.2, -0.15) is 0 Å². The molecule has 2 amide bonds. The molecule has 5 nitrogen and oxygen atoms in total. The molecule has 0 aromatic carbocycles. The lowest BCUT2D eigenvalue weighted by Crippen LogP contribution is -2.49. The largest absolute Gasteiger partial charge is 0.356 e. The Morgan fingerprint density at radius 3 is 2.36 bits per heavy atom. The average Bonchev–Trinajstić information content (AvgIpc) is 2.46. The first-order valence-electron chi connectivity index (χ1n) is 8.27. The van der Waals surface area contributed by atoms with Crippen molar-refractivity contribution >= 4 is 24.2 Å². The predicted octanol–water partition coefficient (Wildman–Crippen LogP) is 1.94. The molecular weight excluding hydrogens is 302 g/mol. The van der Waals surface area contributed by atoms with Crippen molar-refractivity contribution < 1.29 is 9.59 Å². The third kappa shape index (κ3) is 6.97. The minimum absolute atomic E-state index is 0. The minimum Gasteiger partial charge on any atom is -0.356 e. The van der Waals surface area contributed by atoms with Crippen LogP contribution in [0.1, 0.15) is 52.9 Å². The van der Waals surface area contributed by atoms with Gasteiger partial charge >= 0.3 is 0 Å². The Kier molecular flexibility index (Phi) is 10.4. The molecule has 1 heterocycles. The SMILES string of the molecule is CCCCNC(=O)C1CCN(C(=O)[C@@H](N)CC(C)C)CC1.Cl. The fourth-order valence-electron chi connectivity index (χ4n) is 2.74. The second-order valence-corrected chi connectivity index (χ2v) is 6.48. The van der Waals surface area contributed by atoms with Crippen molar-refractivity contribution in [3.05, 3.63) is 0 Å². The summed E-state index contributed by atoms with van der Waals surface area (Å²) in [7, 11) is 0. The number of amides is 2. The molecule has 0 aliphatic carbocycles. The number of nitrogens with two attached hydrogens (primary N) is 1. The van der Waals surface area contributed by atoms with E-state index in [4.69, 9.17) is 5.73 Å². The number of carbonyl (C=O) groups is 2. The molecule has 22 heavy (non-hydrogen) atoms. The number of piperidine rings is 1. The standard InChI is InChI=1S/C16H31N3O2.ClH/c1-4-5-8-18-15(20)13-6-9-19(10-7-13)16(21)14(17)11-12(2)3;/h12-14H,4-11,17H2,1-3H3,(H,18,20);1H/t14-;/m0./s1. The van der Waals surface area contributed by atoms with E-state index in [-0.39, 0.29) is 30.1 Å². The molecule has 1 rings (SSSR count). The van der Waals surface area contributed by atoms with Gasteiger partial charge in [-0.1, -0.05) is 27.2 Å². The number of hydrogen-bond donors (Lipinski definition) is 2. The number of nitrogens with one attached hydrogen (secondary N) is 1. The molecule has 6 heteroatoms. The van der Waals surface area contributed by atoms with E-state index in [1.807, 2.05) is 4.90 Å². The maximum atomic E-state index is 12.2. The molecule has 0 aromatic heterocycles. The second kappa shape index (κ2) is 10.8. The predicted molar refractivity (Wildman–Crippen MR) is 91.9 cm³/mol. The summed E-state index contributed by atoms with van der Waals surface area (Å²) in [6, 6.07) is -0.403. The van der Waals surface area contributed by atoms with Crippen LogP contribution in [0.5, 0.6) is 0 Å². The molecule has 0 unspecified atom stereocenters. The fourth-order valence-corrected chi connectivity index (χ4v) is 2.74. The molecule has 1 aliphatic rings. The number of unbranched alkanes of at least 4 members (excludes halogenated alkanes) is 1. The number of carbonyl (C=O) groups excluding carboxylic acids is 2. The zero-order valence-electron chi connectivity index (χ0n) is 14.1. The third-order valence-corrected chi connectivity index (χ3v) is 4.05. The number of halogens is 1. The van der Waals surface area contributed by atoms with Crippen LogP contribution in [0.2, 0.25) is 0 Å². The fraction of sp³-hybridized carbons (Fsp3) is 0.875. The third-order valence-electron chi connectivity index (χ3n) is 4.05. The van der Waals surface area contributed by atoms with Gasteiger partial charge in [0.25, 0.3) is 0 Å². The summed E-state index contributed by atoms with van der Waals surface area (Å²) >= 11 is 0. The van der Waals surface area contributed by atoms with Crippen LogP contribution in [-0.2, 0) is 9.59 Å². The highest BCUT2D eigenvalue weighted by molar-refractivity contribution is 5.85. The molecule has 0 radical (unpaired) electrons. The lowest BCUT2D eigenvalue weighted by Gasteiger charge is -2.33. The Hall–Kier alpha value is -0.810. The summed E-state index contributed by atoms with van der Waals surface area (Å²) in [5.41, 5.74) is 5.95. The number of likely N-dealkylation sites (tertiary alicyclic amines) is 1. The van der Waals surface area contributed by atoms with E-state index in [0.29, 0.717) is 19.0 Å². The van der Waals surface area contributed by atoms with E-state index < -0.39 is 6.04 Å². The molecular formula is C16H32ClN3O2. The Morgan fingerprint density at radius 1 is 1.27 bits per heavy atom. The number of nitrogens with zero attached hydrogens (tertiary/aromatic N) is 1. The molecule has 0 bridgehead atoms. The summed E-state index contributed by atoms with van der Waals surface area (Å²) < 4.78 is 0. The first-order chi connectivity index (χ1) is 9.95. The molecule has 1 atom stereocenters. The van der Waals surface area contributed by atoms with Crippen molar-refractivity contribution in [3.63, 3.8) is 0 Å². The summed E-state index contributed by atoms with van der Waals surface area (Å²) in [5.74, 6) is 0.647. The van der Waals surface area contributed by atoms with E-state index in [0.717, 1.165) is 38.6 Å². The first kappa shape index (κ1) is 21.2. The molecule has 1 saturated heterocycles. The lowest BCUT2D eigenvalue weighted by molar-refractivity contribution is -0.137. The van der Waals surface area contributed by atoms with E-state index in [1.165, 1.54) is 0 Å². The molecule has 0 saturated carbocycles. The van der Waals surface area contributed by atoms with Crippen molar-refractivity contribution in [2.75, 3.05) is 19.6 Å². The summed E-state index contributed by atoms with van der Waals surface area (Å²) in [4.78, 5) is 26.0. The van der Waals surface area contributed by atoms with Crippen molar-refractivity contribution in [1.29, 1.82) is 0 Å². The van der Waals surface area contributed by atoms with Gasteiger partial charge in [0.2, 0.25) is 11.8 Å². The smallest absolute Gasteiger partial charge is 0.239 e. The zero-order valence-corrected chi connectivity index (χ0v) is 15.0. The molecule has 1 fully saturated rings. The highest BCUT2D eigenvalue weighted by Gasteiger charge is 2.29. The summed E-state index contributed by atoms with van der Waals surface area (Å²) in [6.45, 7) is 8.30. The van der Waals surface area contributed by atoms with Gasteiger partial charge in [0.1, 0.15) is 0 Å². The zero-order chi connectivity index (χ0) is 15.8. The van der Waals surface area contributed by atoms with Crippen molar-refractivity contribution in [3.8, 4) is 0 Å². The van der Waals surface area contributed by atoms with Crippen LogP contribution in [0.4, 0.5) is 0 Å². The highest BCUT2D eigenvalue weighted by atomic mass is 35.5. The van der Waals surface area contributed by atoms with Crippen molar-refractivity contribution in [1.82, 2.24) is 10.2 Å². The van der Waals surface area contributed by atoms with E-state index in [9.17, 15) is 9.59 Å². The van der Waals surface area contributed by atoms with E-state index in [1.54, 1.807) is 0 Å². The second-order valence-electron chi connectivity index (χ2n) is 6.48. The molecule has 0 aromatic rings. The lowest BCUT2D eigenvalue weighted by atomic mass is 9.94. The molecule has 130 valence electrons. The monoisotopic (exact) mass is 333 g/mol. The van der Waals surface area contributed by atoms with Gasteiger partial charge in [-0.05, 0) is 31.6 Å². The van der Waals surface area contributed by atoms with Gasteiger partial charge in [-0.25, -0.2) is 0 Å². The first-order valence-corrected chi connectivity index (χ1v) is 8.27. The van der Waals surface area contributed by atoms with Crippen LogP contribution in [-0.4, -0.2) is 42.4 Å².